The fourth-order valence-corrected chi connectivity index (χ4v) is 9.40. The van der Waals surface area contributed by atoms with E-state index < -0.39 is 24.3 Å². The van der Waals surface area contributed by atoms with E-state index >= 15 is 0 Å². The van der Waals surface area contributed by atoms with E-state index in [1.54, 1.807) is 0 Å². The number of aromatic nitrogens is 4. The Bertz CT molecular complexity index is 2440. The molecular formula is C46H52N8O6. The SMILES string of the molecule is COC(=O)NC(C(=O)N1C[C@@H](C)C[C@H]1c1ncc(-c2ccc3cc(-c4ccc(-c5cnc([C@@H]6C[C@H](C)CN6C(=O)C(C6CC6)N(C)C(=O)O)[nH]5)cc4)ccc3c2)[nH]1)C1CC1. The molecule has 2 aromatic heterocycles. The van der Waals surface area contributed by atoms with E-state index in [1.807, 2.05) is 22.2 Å². The summed E-state index contributed by atoms with van der Waals surface area (Å²) in [7, 11) is 2.81. The summed E-state index contributed by atoms with van der Waals surface area (Å²) >= 11 is 0. The topological polar surface area (TPSA) is 177 Å². The molecule has 0 bridgehead atoms. The average molecular weight is 813 g/mol. The van der Waals surface area contributed by atoms with Crippen LogP contribution in [0.5, 0.6) is 0 Å². The van der Waals surface area contributed by atoms with Crippen LogP contribution in [-0.2, 0) is 14.3 Å². The van der Waals surface area contributed by atoms with Crippen LogP contribution in [0.25, 0.3) is 44.4 Å². The highest BCUT2D eigenvalue weighted by molar-refractivity contribution is 5.91. The Hall–Kier alpha value is -6.18. The van der Waals surface area contributed by atoms with E-state index in [1.165, 1.54) is 19.1 Å². The van der Waals surface area contributed by atoms with Gasteiger partial charge in [-0.05, 0) is 102 Å². The van der Waals surface area contributed by atoms with E-state index in [0.29, 0.717) is 19.0 Å². The molecule has 2 aliphatic heterocycles. The third-order valence-corrected chi connectivity index (χ3v) is 12.9. The van der Waals surface area contributed by atoms with E-state index in [9.17, 15) is 24.3 Å². The molecule has 2 unspecified atom stereocenters. The molecule has 4 fully saturated rings. The first-order valence-electron chi connectivity index (χ1n) is 21.1. The Morgan fingerprint density at radius 3 is 1.78 bits per heavy atom. The van der Waals surface area contributed by atoms with Crippen molar-refractivity contribution in [1.82, 2.24) is 40.0 Å². The number of likely N-dealkylation sites (tertiary alicyclic amines) is 2. The van der Waals surface area contributed by atoms with Gasteiger partial charge in [0.1, 0.15) is 23.7 Å². The van der Waals surface area contributed by atoms with Gasteiger partial charge in [-0.15, -0.1) is 0 Å². The quantitative estimate of drug-likeness (QED) is 0.105. The zero-order valence-electron chi connectivity index (χ0n) is 34.4. The minimum Gasteiger partial charge on any atom is -0.465 e. The van der Waals surface area contributed by atoms with Crippen LogP contribution < -0.4 is 5.32 Å². The van der Waals surface area contributed by atoms with Crippen LogP contribution >= 0.6 is 0 Å². The average Bonchev–Trinajstić information content (AvgIpc) is 4.05. The number of carboxylic acid groups (broad SMARTS) is 1. The summed E-state index contributed by atoms with van der Waals surface area (Å²) in [6, 6.07) is 19.4. The molecule has 4 N–H and O–H groups in total. The zero-order valence-corrected chi connectivity index (χ0v) is 34.4. The molecule has 2 aliphatic carbocycles. The summed E-state index contributed by atoms with van der Waals surface area (Å²) in [6.45, 7) is 5.44. The van der Waals surface area contributed by atoms with Crippen molar-refractivity contribution in [2.24, 2.45) is 23.7 Å². The number of carbonyl (C=O) groups excluding carboxylic acids is 3. The molecule has 14 nitrogen and oxygen atoms in total. The lowest BCUT2D eigenvalue weighted by atomic mass is 9.98. The normalized spacial score (nSPS) is 22.5. The highest BCUT2D eigenvalue weighted by Gasteiger charge is 2.47. The van der Waals surface area contributed by atoms with Gasteiger partial charge in [0.15, 0.2) is 0 Å². The van der Waals surface area contributed by atoms with Gasteiger partial charge in [-0.25, -0.2) is 19.6 Å². The minimum absolute atomic E-state index is 0.0700. The van der Waals surface area contributed by atoms with Gasteiger partial charge < -0.3 is 34.9 Å². The van der Waals surface area contributed by atoms with Gasteiger partial charge in [-0.2, -0.15) is 0 Å². The predicted octanol–water partition coefficient (Wildman–Crippen LogP) is 7.63. The number of hydrogen-bond acceptors (Lipinski definition) is 7. The third-order valence-electron chi connectivity index (χ3n) is 12.9. The molecule has 0 spiro atoms. The van der Waals surface area contributed by atoms with Crippen molar-refractivity contribution < 1.29 is 29.0 Å². The second-order valence-corrected chi connectivity index (χ2v) is 17.5. The summed E-state index contributed by atoms with van der Waals surface area (Å²) in [6.07, 6.45) is 7.08. The molecule has 3 aromatic carbocycles. The van der Waals surface area contributed by atoms with E-state index in [0.717, 1.165) is 94.6 Å². The molecule has 2 saturated heterocycles. The number of nitrogens with one attached hydrogen (secondary N) is 3. The number of nitrogens with zero attached hydrogens (tertiary/aromatic N) is 5. The van der Waals surface area contributed by atoms with Crippen LogP contribution in [0, 0.1) is 23.7 Å². The van der Waals surface area contributed by atoms with Crippen molar-refractivity contribution in [3.63, 3.8) is 0 Å². The van der Waals surface area contributed by atoms with Gasteiger partial charge in [0.2, 0.25) is 11.8 Å². The van der Waals surface area contributed by atoms with Crippen LogP contribution in [0.2, 0.25) is 0 Å². The molecule has 2 saturated carbocycles. The van der Waals surface area contributed by atoms with Crippen molar-refractivity contribution in [3.05, 3.63) is 84.7 Å². The first-order valence-corrected chi connectivity index (χ1v) is 21.1. The number of carbonyl (C=O) groups is 4. The molecular weight excluding hydrogens is 761 g/mol. The van der Waals surface area contributed by atoms with Gasteiger partial charge in [0, 0.05) is 25.7 Å². The second kappa shape index (κ2) is 15.8. The number of rotatable bonds is 11. The number of likely N-dealkylation sites (N-methyl/N-ethyl adjacent to an activating group) is 1. The number of aromatic amines is 2. The largest absolute Gasteiger partial charge is 0.465 e. The van der Waals surface area contributed by atoms with Crippen LogP contribution in [-0.4, -0.2) is 103 Å². The zero-order chi connectivity index (χ0) is 41.8. The standard InChI is InChI=1S/C46H52N8O6/c1-25-17-37(53(23-25)43(55)39(29-9-10-29)51-45(57)60-4)41-48-22-36(50-41)34-16-15-32-19-31(13-14-33(32)20-34)27-5-7-28(8-6-27)35-21-47-42(49-35)38-18-26(2)24-54(38)44(56)40(30-11-12-30)52(3)46(58)59/h5-8,13-16,19-22,25-26,29-30,37-40H,9-12,17-18,23-24H2,1-4H3,(H,47,49)(H,48,50)(H,51,57)(H,58,59)/t25-,26-,37-,38-,39?,40?/m0/s1. The first kappa shape index (κ1) is 39.3. The maximum absolute atomic E-state index is 13.8. The number of alkyl carbamates (subject to hydrolysis) is 1. The lowest BCUT2D eigenvalue weighted by Gasteiger charge is -2.32. The minimum atomic E-state index is -1.08. The predicted molar refractivity (Wildman–Crippen MR) is 225 cm³/mol. The van der Waals surface area contributed by atoms with Crippen LogP contribution in [0.3, 0.4) is 0 Å². The highest BCUT2D eigenvalue weighted by Crippen LogP contribution is 2.42. The molecule has 60 heavy (non-hydrogen) atoms. The van der Waals surface area contributed by atoms with Gasteiger partial charge in [0.25, 0.3) is 0 Å². The van der Waals surface area contributed by atoms with Crippen molar-refractivity contribution in [2.75, 3.05) is 27.2 Å². The molecule has 9 rings (SSSR count). The fourth-order valence-electron chi connectivity index (χ4n) is 9.40. The summed E-state index contributed by atoms with van der Waals surface area (Å²) in [5, 5.41) is 14.7. The molecule has 6 atom stereocenters. The Morgan fingerprint density at radius 1 is 0.733 bits per heavy atom. The van der Waals surface area contributed by atoms with Crippen molar-refractivity contribution >= 4 is 34.8 Å². The van der Waals surface area contributed by atoms with Gasteiger partial charge in [-0.1, -0.05) is 62.4 Å². The highest BCUT2D eigenvalue weighted by atomic mass is 16.5. The maximum Gasteiger partial charge on any atom is 0.407 e. The Kier molecular flexibility index (Phi) is 10.3. The number of H-pyrrole nitrogens is 2. The summed E-state index contributed by atoms with van der Waals surface area (Å²) in [4.78, 5) is 72.9. The van der Waals surface area contributed by atoms with Crippen molar-refractivity contribution in [1.29, 1.82) is 0 Å². The first-order chi connectivity index (χ1) is 28.9. The summed E-state index contributed by atoms with van der Waals surface area (Å²) in [5.74, 6) is 2.02. The number of hydrogen-bond donors (Lipinski definition) is 4. The van der Waals surface area contributed by atoms with E-state index in [4.69, 9.17) is 14.7 Å². The number of amides is 4. The maximum atomic E-state index is 13.8. The molecule has 4 amide bonds. The molecule has 5 aromatic rings. The monoisotopic (exact) mass is 812 g/mol. The third kappa shape index (κ3) is 7.70. The molecule has 0 radical (unpaired) electrons. The number of methoxy groups -OCH3 is 1. The van der Waals surface area contributed by atoms with Gasteiger partial charge in [-0.3, -0.25) is 14.5 Å². The van der Waals surface area contributed by atoms with E-state index in [-0.39, 0.29) is 41.7 Å². The van der Waals surface area contributed by atoms with Gasteiger partial charge >= 0.3 is 12.2 Å². The summed E-state index contributed by atoms with van der Waals surface area (Å²) < 4.78 is 4.82. The lowest BCUT2D eigenvalue weighted by Crippen LogP contribution is -2.50. The molecule has 14 heteroatoms. The van der Waals surface area contributed by atoms with Crippen molar-refractivity contribution in [2.45, 2.75) is 76.5 Å². The lowest BCUT2D eigenvalue weighted by molar-refractivity contribution is -0.138. The Labute approximate surface area is 348 Å². The Morgan fingerprint density at radius 2 is 1.23 bits per heavy atom. The fraction of sp³-hybridized carbons (Fsp3) is 0.435. The molecule has 4 heterocycles. The molecule has 4 aliphatic rings. The second-order valence-electron chi connectivity index (χ2n) is 17.5. The number of benzene rings is 3. The molecule has 312 valence electrons. The number of ether oxygens (including phenoxy) is 1. The van der Waals surface area contributed by atoms with Gasteiger partial charge in [0.05, 0.1) is 43.0 Å². The van der Waals surface area contributed by atoms with Crippen LogP contribution in [0.15, 0.2) is 73.1 Å². The Balaban J connectivity index is 0.880. The smallest absolute Gasteiger partial charge is 0.407 e. The van der Waals surface area contributed by atoms with E-state index in [2.05, 4.69) is 89.8 Å². The van der Waals surface area contributed by atoms with Crippen molar-refractivity contribution in [3.8, 4) is 33.6 Å². The number of fused-ring (bicyclic) bond motifs is 1. The number of imidazole rings is 2. The van der Waals surface area contributed by atoms with Crippen LogP contribution in [0.1, 0.15) is 76.1 Å². The summed E-state index contributed by atoms with van der Waals surface area (Å²) in [5.41, 5.74) is 5.88. The van der Waals surface area contributed by atoms with Crippen LogP contribution in [0.4, 0.5) is 9.59 Å².